The lowest BCUT2D eigenvalue weighted by molar-refractivity contribution is -0.362. The SMILES string of the molecule is CC(=O)N[C@H]1[C@H](O[C@H]2[C@H](O[C@H]3CC[C@]4(C)C5=C(CC[C@H]4C3(C)C)[C@@H]3CC[C@H]([C@H](C)CC(=O)C=C(C)C)[C@@]3(C)CC5)OC[C@@H](O[C@H]3C[C@H](NC(C)=O)[C@@H](O)[C@@H](O)[C@H]3CO)[C@@H]2O)O[C@H](CO[C@@H]2OC[C@@H](O)[C@H](O)[C@H]2O)[C@@H](O)[C@@H]1O. The van der Waals surface area contributed by atoms with Crippen molar-refractivity contribution < 1.29 is 93.5 Å². The lowest BCUT2D eigenvalue weighted by Gasteiger charge is -2.61. The molecule has 6 fully saturated rings. The van der Waals surface area contributed by atoms with E-state index in [2.05, 4.69) is 45.3 Å². The van der Waals surface area contributed by atoms with Crippen molar-refractivity contribution in [2.45, 2.75) is 237 Å². The van der Waals surface area contributed by atoms with E-state index >= 15 is 0 Å². The maximum absolute atomic E-state index is 13.0. The summed E-state index contributed by atoms with van der Waals surface area (Å²) >= 11 is 0. The molecule has 77 heavy (non-hydrogen) atoms. The monoisotopic (exact) mass is 1090 g/mol. The molecule has 0 bridgehead atoms. The zero-order valence-electron chi connectivity index (χ0n) is 46.4. The fraction of sp³-hybridized carbons (Fsp3) is 0.875. The first-order valence-electron chi connectivity index (χ1n) is 28.2. The zero-order chi connectivity index (χ0) is 56.2. The number of aliphatic hydroxyl groups excluding tert-OH is 9. The fourth-order valence-corrected chi connectivity index (χ4v) is 15.8. The highest BCUT2D eigenvalue weighted by atomic mass is 16.8. The zero-order valence-corrected chi connectivity index (χ0v) is 46.4. The Morgan fingerprint density at radius 2 is 1.43 bits per heavy atom. The molecule has 3 saturated heterocycles. The smallest absolute Gasteiger partial charge is 0.217 e. The van der Waals surface area contributed by atoms with Gasteiger partial charge in [0, 0.05) is 26.2 Å². The van der Waals surface area contributed by atoms with Crippen molar-refractivity contribution in [1.82, 2.24) is 10.6 Å². The number of carbonyl (C=O) groups excluding carboxylic acids is 3. The summed E-state index contributed by atoms with van der Waals surface area (Å²) in [7, 11) is 0. The van der Waals surface area contributed by atoms with Crippen LogP contribution in [-0.2, 0) is 47.5 Å². The van der Waals surface area contributed by atoms with Crippen LogP contribution in [0.15, 0.2) is 22.8 Å². The Kier molecular flexibility index (Phi) is 19.0. The fourth-order valence-electron chi connectivity index (χ4n) is 15.8. The van der Waals surface area contributed by atoms with Crippen LogP contribution in [0, 0.1) is 45.8 Å². The number of aliphatic hydroxyl groups is 9. The van der Waals surface area contributed by atoms with Gasteiger partial charge in [0.1, 0.15) is 67.1 Å². The summed E-state index contributed by atoms with van der Waals surface area (Å²) in [6, 6.07) is -2.42. The second kappa shape index (κ2) is 24.1. The molecule has 2 amide bonds. The number of ketones is 1. The second-order valence-corrected chi connectivity index (χ2v) is 25.3. The molecule has 3 saturated carbocycles. The highest BCUT2D eigenvalue weighted by Gasteiger charge is 2.61. The number of amides is 2. The molecule has 21 nitrogen and oxygen atoms in total. The first-order chi connectivity index (χ1) is 36.2. The van der Waals surface area contributed by atoms with E-state index in [9.17, 15) is 60.3 Å². The number of nitrogens with one attached hydrogen (secondary N) is 2. The molecule has 5 aliphatic carbocycles. The standard InChI is InChI=1S/C56H90N2O19/c1-25(2)18-29(62)19-26(3)32-11-12-33-30-10-13-40-54(6,7)41(15-17-56(40,9)34(30)14-16-55(32,33)8)76-53-50(47(68)39(24-73-53)74-37-20-35(57-27(4)60)44(65)43(64)31(37)21-59)77-51-42(58-28(5)61)48(69)46(67)38(75-51)23-72-52-49(70)45(66)36(63)22-71-52/h18,26,31-33,35-53,59,63-70H,10-17,19-24H2,1-9H3,(H,57,60)(H,58,61)/t26-,31+,32-,33+,35+,36-,37+,38-,39-,40+,41+,42-,43+,44-,45+,46-,47+,48-,49-,50-,51+,52+,53+,55-,56-/m1/s1. The summed E-state index contributed by atoms with van der Waals surface area (Å²) in [6.07, 6.45) is -12.9. The van der Waals surface area contributed by atoms with Gasteiger partial charge < -0.3 is 89.8 Å². The number of fused-ring (bicyclic) bond motifs is 4. The Bertz CT molecular complexity index is 2160. The highest BCUT2D eigenvalue weighted by Crippen LogP contribution is 2.68. The van der Waals surface area contributed by atoms with Crippen molar-refractivity contribution in [3.8, 4) is 0 Å². The van der Waals surface area contributed by atoms with Gasteiger partial charge in [-0.1, -0.05) is 51.3 Å². The van der Waals surface area contributed by atoms with Crippen LogP contribution in [0.5, 0.6) is 0 Å². The quantitative estimate of drug-likeness (QED) is 0.0752. The number of rotatable bonds is 16. The van der Waals surface area contributed by atoms with Crippen molar-refractivity contribution in [2.24, 2.45) is 45.8 Å². The summed E-state index contributed by atoms with van der Waals surface area (Å²) in [5, 5.41) is 104. The molecule has 438 valence electrons. The lowest BCUT2D eigenvalue weighted by Crippen LogP contribution is -2.68. The number of ether oxygens (including phenoxy) is 7. The Hall–Kier alpha value is -2.55. The van der Waals surface area contributed by atoms with E-state index in [-0.39, 0.29) is 48.1 Å². The molecule has 21 heteroatoms. The van der Waals surface area contributed by atoms with E-state index in [0.717, 1.165) is 50.5 Å². The molecule has 0 aromatic rings. The van der Waals surface area contributed by atoms with E-state index in [1.54, 1.807) is 17.2 Å². The molecular formula is C56H90N2O19. The third kappa shape index (κ3) is 12.0. The van der Waals surface area contributed by atoms with Crippen molar-refractivity contribution >= 4 is 17.6 Å². The Labute approximate surface area is 452 Å². The normalized spacial score (nSPS) is 46.2. The predicted molar refractivity (Wildman–Crippen MR) is 274 cm³/mol. The molecule has 3 aliphatic heterocycles. The van der Waals surface area contributed by atoms with Crippen molar-refractivity contribution in [1.29, 1.82) is 0 Å². The summed E-state index contributed by atoms with van der Waals surface area (Å²) in [5.41, 5.74) is 3.74. The van der Waals surface area contributed by atoms with Gasteiger partial charge in [-0.15, -0.1) is 0 Å². The van der Waals surface area contributed by atoms with E-state index in [4.69, 9.17) is 33.2 Å². The van der Waals surface area contributed by atoms with Crippen LogP contribution < -0.4 is 10.6 Å². The van der Waals surface area contributed by atoms with E-state index in [0.29, 0.717) is 24.7 Å². The Morgan fingerprint density at radius 3 is 2.10 bits per heavy atom. The minimum absolute atomic E-state index is 0.0545. The maximum Gasteiger partial charge on any atom is 0.217 e. The molecule has 11 N–H and O–H groups in total. The molecule has 8 aliphatic rings. The van der Waals surface area contributed by atoms with Crippen LogP contribution in [0.1, 0.15) is 127 Å². The van der Waals surface area contributed by atoms with E-state index in [1.807, 2.05) is 13.8 Å². The highest BCUT2D eigenvalue weighted by molar-refractivity contribution is 5.90. The molecule has 0 aromatic carbocycles. The molecule has 25 atom stereocenters. The Morgan fingerprint density at radius 1 is 0.727 bits per heavy atom. The summed E-state index contributed by atoms with van der Waals surface area (Å²) in [4.78, 5) is 37.8. The average molecular weight is 1100 g/mol. The second-order valence-electron chi connectivity index (χ2n) is 25.3. The van der Waals surface area contributed by atoms with Gasteiger partial charge in [0.2, 0.25) is 11.8 Å². The minimum atomic E-state index is -1.76. The number of hydrogen-bond donors (Lipinski definition) is 11. The molecule has 0 unspecified atom stereocenters. The summed E-state index contributed by atoms with van der Waals surface area (Å²) in [6.45, 7) is 16.2. The molecule has 0 radical (unpaired) electrons. The van der Waals surface area contributed by atoms with Crippen LogP contribution in [0.4, 0.5) is 0 Å². The van der Waals surface area contributed by atoms with Crippen LogP contribution in [0.3, 0.4) is 0 Å². The van der Waals surface area contributed by atoms with E-state index < -0.39 is 147 Å². The van der Waals surface area contributed by atoms with Gasteiger partial charge in [0.15, 0.2) is 24.7 Å². The van der Waals surface area contributed by atoms with Crippen molar-refractivity contribution in [3.63, 3.8) is 0 Å². The molecule has 0 aromatic heterocycles. The van der Waals surface area contributed by atoms with Crippen LogP contribution in [0.2, 0.25) is 0 Å². The van der Waals surface area contributed by atoms with Crippen LogP contribution >= 0.6 is 0 Å². The van der Waals surface area contributed by atoms with Gasteiger partial charge in [-0.3, -0.25) is 14.4 Å². The van der Waals surface area contributed by atoms with Gasteiger partial charge in [-0.05, 0) is 118 Å². The third-order valence-electron chi connectivity index (χ3n) is 19.7. The van der Waals surface area contributed by atoms with Gasteiger partial charge >= 0.3 is 0 Å². The Balaban J connectivity index is 1.05. The molecule has 3 heterocycles. The topological polar surface area (TPSA) is 322 Å². The first kappa shape index (κ1) is 60.5. The predicted octanol–water partition coefficient (Wildman–Crippen LogP) is 0.794. The molecule has 0 spiro atoms. The number of allylic oxidation sites excluding steroid dienone is 4. The van der Waals surface area contributed by atoms with Gasteiger partial charge in [-0.2, -0.15) is 0 Å². The lowest BCUT2D eigenvalue weighted by atomic mass is 9.45. The van der Waals surface area contributed by atoms with Crippen molar-refractivity contribution in [3.05, 3.63) is 22.8 Å². The van der Waals surface area contributed by atoms with Gasteiger partial charge in [0.25, 0.3) is 0 Å². The summed E-state index contributed by atoms with van der Waals surface area (Å²) in [5.74, 6) is -0.526. The van der Waals surface area contributed by atoms with Crippen LogP contribution in [-0.4, -0.2) is 200 Å². The minimum Gasteiger partial charge on any atom is -0.396 e. The average Bonchev–Trinajstić information content (AvgIpc) is 3.82. The van der Waals surface area contributed by atoms with Crippen molar-refractivity contribution in [2.75, 3.05) is 26.4 Å². The number of carbonyl (C=O) groups is 3. The molecule has 8 rings (SSSR count). The van der Waals surface area contributed by atoms with E-state index in [1.165, 1.54) is 13.8 Å². The van der Waals surface area contributed by atoms with Crippen LogP contribution in [0.25, 0.3) is 0 Å². The first-order valence-corrected chi connectivity index (χ1v) is 28.2. The molecular weight excluding hydrogens is 1000 g/mol. The maximum atomic E-state index is 13.0. The number of hydrogen-bond acceptors (Lipinski definition) is 19. The summed E-state index contributed by atoms with van der Waals surface area (Å²) < 4.78 is 44.0. The third-order valence-corrected chi connectivity index (χ3v) is 19.7. The van der Waals surface area contributed by atoms with Gasteiger partial charge in [0.05, 0.1) is 50.8 Å². The van der Waals surface area contributed by atoms with Gasteiger partial charge in [-0.25, -0.2) is 0 Å². The largest absolute Gasteiger partial charge is 0.396 e.